The maximum absolute atomic E-state index is 14.2. The zero-order valence-corrected chi connectivity index (χ0v) is 30.5. The second-order valence-electron chi connectivity index (χ2n) is 14.1. The van der Waals surface area contributed by atoms with Crippen molar-refractivity contribution in [3.8, 4) is 0 Å². The first-order chi connectivity index (χ1) is 21.7. The third-order valence-corrected chi connectivity index (χ3v) is 9.31. The van der Waals surface area contributed by atoms with E-state index in [4.69, 9.17) is 0 Å². The summed E-state index contributed by atoms with van der Waals surface area (Å²) in [4.78, 5) is 75.1. The molecule has 0 radical (unpaired) electrons. The molecule has 0 aromatic heterocycles. The van der Waals surface area contributed by atoms with Crippen LogP contribution in [0, 0.1) is 17.8 Å². The maximum atomic E-state index is 14.2. The van der Waals surface area contributed by atoms with E-state index in [2.05, 4.69) is 10.6 Å². The highest BCUT2D eigenvalue weighted by Crippen LogP contribution is 2.28. The molecule has 0 aliphatic carbocycles. The molecule has 2 aliphatic heterocycles. The Morgan fingerprint density at radius 3 is 1.87 bits per heavy atom. The summed E-state index contributed by atoms with van der Waals surface area (Å²) in [5.74, 6) is -1.67. The lowest BCUT2D eigenvalue weighted by Crippen LogP contribution is -2.61. The summed E-state index contributed by atoms with van der Waals surface area (Å²) in [5.41, 5.74) is 0.981. The van der Waals surface area contributed by atoms with Crippen LogP contribution in [-0.4, -0.2) is 114 Å². The molecule has 2 saturated heterocycles. The van der Waals surface area contributed by atoms with Gasteiger partial charge in [0.25, 0.3) is 0 Å². The van der Waals surface area contributed by atoms with Crippen molar-refractivity contribution in [3.63, 3.8) is 0 Å². The zero-order chi connectivity index (χ0) is 34.3. The van der Waals surface area contributed by atoms with Crippen LogP contribution in [0.15, 0.2) is 30.3 Å². The number of amides is 5. The zero-order valence-electron chi connectivity index (χ0n) is 29.7. The van der Waals surface area contributed by atoms with Crippen molar-refractivity contribution in [3.05, 3.63) is 35.9 Å². The predicted octanol–water partition coefficient (Wildman–Crippen LogP) is 2.92. The number of nitrogens with zero attached hydrogens (tertiary/aromatic N) is 4. The Hall–Kier alpha value is -3.18. The molecule has 12 heteroatoms. The second kappa shape index (κ2) is 17.8. The molecule has 11 nitrogen and oxygen atoms in total. The predicted molar refractivity (Wildman–Crippen MR) is 185 cm³/mol. The van der Waals surface area contributed by atoms with Crippen molar-refractivity contribution in [2.75, 3.05) is 34.2 Å². The molecule has 5 atom stereocenters. The van der Waals surface area contributed by atoms with Crippen LogP contribution in [0.5, 0.6) is 0 Å². The van der Waals surface area contributed by atoms with Gasteiger partial charge in [0.05, 0.1) is 6.04 Å². The van der Waals surface area contributed by atoms with E-state index in [9.17, 15) is 24.0 Å². The molecule has 0 bridgehead atoms. The fourth-order valence-electron chi connectivity index (χ4n) is 6.99. The Balaban J connectivity index is 0.00000768. The summed E-state index contributed by atoms with van der Waals surface area (Å²) in [7, 11) is 5.29. The smallest absolute Gasteiger partial charge is 0.246 e. The van der Waals surface area contributed by atoms with E-state index in [0.29, 0.717) is 38.9 Å². The molecule has 3 rings (SSSR count). The van der Waals surface area contributed by atoms with Crippen LogP contribution < -0.4 is 10.6 Å². The van der Waals surface area contributed by atoms with E-state index in [-0.39, 0.29) is 59.7 Å². The number of hydrogen-bond acceptors (Lipinski definition) is 6. The number of likely N-dealkylation sites (tertiary alicyclic amines) is 2. The molecule has 264 valence electrons. The number of benzene rings is 1. The first-order valence-corrected chi connectivity index (χ1v) is 16.8. The summed E-state index contributed by atoms with van der Waals surface area (Å²) in [5, 5.41) is 5.94. The van der Waals surface area contributed by atoms with Gasteiger partial charge in [-0.05, 0) is 63.1 Å². The number of likely N-dealkylation sites (N-methyl/N-ethyl adjacent to an activating group) is 2. The van der Waals surface area contributed by atoms with Gasteiger partial charge in [0.15, 0.2) is 0 Å². The van der Waals surface area contributed by atoms with Crippen molar-refractivity contribution in [2.45, 2.75) is 104 Å². The number of halogens is 1. The van der Waals surface area contributed by atoms with E-state index in [1.807, 2.05) is 90.9 Å². The molecule has 2 N–H and O–H groups in total. The van der Waals surface area contributed by atoms with Crippen molar-refractivity contribution in [1.82, 2.24) is 30.2 Å². The van der Waals surface area contributed by atoms with Gasteiger partial charge in [0, 0.05) is 26.7 Å². The summed E-state index contributed by atoms with van der Waals surface area (Å²) < 4.78 is 0. The van der Waals surface area contributed by atoms with Crippen LogP contribution >= 0.6 is 12.4 Å². The summed E-state index contributed by atoms with van der Waals surface area (Å²) in [6, 6.07) is 6.32. The van der Waals surface area contributed by atoms with Crippen molar-refractivity contribution >= 4 is 41.9 Å². The molecule has 2 aliphatic rings. The standard InChI is InChI=1S/C35H56N6O5.ClH/c1-22(2)28(37-32(43)29(23(3)4)38(7)8)34(45)39(9)30(24(5)6)35(46)41-20-14-18-27(41)33(44)40-19-13-17-26(40)31(42)36-21-25-15-11-10-12-16-25;/h10-12,15-16,22-24,26-30H,13-14,17-21H2,1-9H3,(H,36,42)(H,37,43);1H. The normalized spacial score (nSPS) is 19.9. The van der Waals surface area contributed by atoms with Crippen LogP contribution in [0.2, 0.25) is 0 Å². The highest BCUT2D eigenvalue weighted by molar-refractivity contribution is 5.96. The molecule has 2 heterocycles. The third kappa shape index (κ3) is 9.69. The number of hydrogen-bond donors (Lipinski definition) is 2. The van der Waals surface area contributed by atoms with Crippen LogP contribution in [0.25, 0.3) is 0 Å². The Morgan fingerprint density at radius 2 is 1.34 bits per heavy atom. The van der Waals surface area contributed by atoms with Gasteiger partial charge >= 0.3 is 0 Å². The lowest BCUT2D eigenvalue weighted by atomic mass is 9.96. The molecule has 5 amide bonds. The Kier molecular flexibility index (Phi) is 15.2. The lowest BCUT2D eigenvalue weighted by Gasteiger charge is -2.38. The van der Waals surface area contributed by atoms with Gasteiger partial charge in [0.1, 0.15) is 24.2 Å². The number of carbonyl (C=O) groups excluding carboxylic acids is 5. The minimum atomic E-state index is -0.822. The summed E-state index contributed by atoms with van der Waals surface area (Å²) in [6.45, 7) is 12.7. The van der Waals surface area contributed by atoms with Gasteiger partial charge in [0.2, 0.25) is 29.5 Å². The number of rotatable bonds is 13. The fraction of sp³-hybridized carbons (Fsp3) is 0.686. The minimum Gasteiger partial charge on any atom is -0.350 e. The van der Waals surface area contributed by atoms with Gasteiger partial charge in [-0.25, -0.2) is 0 Å². The van der Waals surface area contributed by atoms with Gasteiger partial charge in [-0.15, -0.1) is 12.4 Å². The Morgan fingerprint density at radius 1 is 0.787 bits per heavy atom. The first kappa shape index (κ1) is 40.0. The maximum Gasteiger partial charge on any atom is 0.246 e. The van der Waals surface area contributed by atoms with Crippen molar-refractivity contribution in [2.24, 2.45) is 17.8 Å². The second-order valence-corrected chi connectivity index (χ2v) is 14.1. The molecular formula is C35H57ClN6O5. The molecule has 5 unspecified atom stereocenters. The largest absolute Gasteiger partial charge is 0.350 e. The molecule has 1 aromatic rings. The summed E-state index contributed by atoms with van der Waals surface area (Å²) >= 11 is 0. The fourth-order valence-corrected chi connectivity index (χ4v) is 6.99. The monoisotopic (exact) mass is 676 g/mol. The van der Waals surface area contributed by atoms with E-state index >= 15 is 0 Å². The average molecular weight is 677 g/mol. The lowest BCUT2D eigenvalue weighted by molar-refractivity contribution is -0.153. The van der Waals surface area contributed by atoms with E-state index in [1.54, 1.807) is 16.8 Å². The van der Waals surface area contributed by atoms with E-state index in [0.717, 1.165) is 12.0 Å². The van der Waals surface area contributed by atoms with E-state index in [1.165, 1.54) is 4.90 Å². The van der Waals surface area contributed by atoms with E-state index < -0.39 is 30.2 Å². The number of carbonyl (C=O) groups is 5. The molecule has 2 fully saturated rings. The first-order valence-electron chi connectivity index (χ1n) is 16.8. The summed E-state index contributed by atoms with van der Waals surface area (Å²) in [6.07, 6.45) is 2.46. The Labute approximate surface area is 287 Å². The molecule has 1 aromatic carbocycles. The third-order valence-electron chi connectivity index (χ3n) is 9.31. The van der Waals surface area contributed by atoms with Crippen LogP contribution in [-0.2, 0) is 30.5 Å². The highest BCUT2D eigenvalue weighted by Gasteiger charge is 2.45. The molecule has 0 spiro atoms. The minimum absolute atomic E-state index is 0. The molecule has 0 saturated carbocycles. The van der Waals surface area contributed by atoms with Crippen molar-refractivity contribution < 1.29 is 24.0 Å². The average Bonchev–Trinajstić information content (AvgIpc) is 3.68. The van der Waals surface area contributed by atoms with Gasteiger partial charge < -0.3 is 25.3 Å². The van der Waals surface area contributed by atoms with Gasteiger partial charge in [-0.3, -0.25) is 28.9 Å². The number of nitrogens with one attached hydrogen (secondary N) is 2. The Bertz CT molecular complexity index is 1220. The van der Waals surface area contributed by atoms with Crippen LogP contribution in [0.3, 0.4) is 0 Å². The van der Waals surface area contributed by atoms with Crippen molar-refractivity contribution in [1.29, 1.82) is 0 Å². The van der Waals surface area contributed by atoms with Crippen LogP contribution in [0.4, 0.5) is 0 Å². The topological polar surface area (TPSA) is 122 Å². The van der Waals surface area contributed by atoms with Gasteiger partial charge in [-0.2, -0.15) is 0 Å². The quantitative estimate of drug-likeness (QED) is 0.332. The molecular weight excluding hydrogens is 620 g/mol. The van der Waals surface area contributed by atoms with Gasteiger partial charge in [-0.1, -0.05) is 71.9 Å². The highest BCUT2D eigenvalue weighted by atomic mass is 35.5. The van der Waals surface area contributed by atoms with Crippen LogP contribution in [0.1, 0.15) is 72.8 Å². The molecule has 47 heavy (non-hydrogen) atoms. The SMILES string of the molecule is CC(C)C(NC(=O)C(C(C)C)N(C)C)C(=O)N(C)C(C(=O)N1CCCC1C(=O)N1CCCC1C(=O)NCc1ccccc1)C(C)C.Cl.